The predicted molar refractivity (Wildman–Crippen MR) is 72.3 cm³/mol. The first-order valence-electron chi connectivity index (χ1n) is 5.69. The Kier molecular flexibility index (Phi) is 5.52. The molecule has 1 aliphatic heterocycles. The van der Waals surface area contributed by atoms with Crippen LogP contribution >= 0.6 is 12.4 Å². The fraction of sp³-hybridized carbons (Fsp3) is 0.545. The van der Waals surface area contributed by atoms with Gasteiger partial charge in [-0.2, -0.15) is 4.31 Å². The predicted octanol–water partition coefficient (Wildman–Crippen LogP) is 0.733. The number of rotatable bonds is 4. The van der Waals surface area contributed by atoms with Crippen LogP contribution in [-0.4, -0.2) is 44.4 Å². The van der Waals surface area contributed by atoms with Crippen molar-refractivity contribution in [2.75, 3.05) is 26.7 Å². The van der Waals surface area contributed by atoms with Crippen molar-refractivity contribution in [3.8, 4) is 0 Å². The van der Waals surface area contributed by atoms with E-state index < -0.39 is 10.0 Å². The second kappa shape index (κ2) is 6.47. The first kappa shape index (κ1) is 15.4. The second-order valence-electron chi connectivity index (χ2n) is 4.26. The molecule has 2 heterocycles. The largest absolute Gasteiger partial charge is 0.319 e. The van der Waals surface area contributed by atoms with Gasteiger partial charge in [-0.05, 0) is 38.1 Å². The molecule has 1 aromatic rings. The summed E-state index contributed by atoms with van der Waals surface area (Å²) in [5.74, 6) is 0.409. The van der Waals surface area contributed by atoms with Crippen molar-refractivity contribution >= 4 is 22.4 Å². The lowest BCUT2D eigenvalue weighted by molar-refractivity contribution is 0.451. The van der Waals surface area contributed by atoms with Crippen molar-refractivity contribution in [2.45, 2.75) is 11.3 Å². The van der Waals surface area contributed by atoms with Crippen molar-refractivity contribution in [1.82, 2.24) is 14.6 Å². The number of pyridine rings is 1. The standard InChI is InChI=1S/C11H17N3O2S.ClH/c1-12-7-10-4-6-14(9-10)17(15,16)11-3-2-5-13-8-11;/h2-3,5,8,10,12H,4,6-7,9H2,1H3;1H. The summed E-state index contributed by atoms with van der Waals surface area (Å²) in [6.07, 6.45) is 3.90. The fourth-order valence-electron chi connectivity index (χ4n) is 2.12. The van der Waals surface area contributed by atoms with Gasteiger partial charge in [0, 0.05) is 25.5 Å². The van der Waals surface area contributed by atoms with E-state index in [2.05, 4.69) is 10.3 Å². The molecular weight excluding hydrogens is 274 g/mol. The van der Waals surface area contributed by atoms with Gasteiger partial charge in [-0.1, -0.05) is 0 Å². The Morgan fingerprint density at radius 3 is 2.94 bits per heavy atom. The first-order valence-corrected chi connectivity index (χ1v) is 7.13. The van der Waals surface area contributed by atoms with Gasteiger partial charge in [-0.25, -0.2) is 8.42 Å². The highest BCUT2D eigenvalue weighted by molar-refractivity contribution is 7.89. The average Bonchev–Trinajstić information content (AvgIpc) is 2.80. The quantitative estimate of drug-likeness (QED) is 0.888. The lowest BCUT2D eigenvalue weighted by Crippen LogP contribution is -2.30. The summed E-state index contributed by atoms with van der Waals surface area (Å²) in [5, 5.41) is 3.09. The highest BCUT2D eigenvalue weighted by Gasteiger charge is 2.32. The van der Waals surface area contributed by atoms with Crippen molar-refractivity contribution in [3.05, 3.63) is 24.5 Å². The third kappa shape index (κ3) is 3.20. The Morgan fingerprint density at radius 1 is 1.56 bits per heavy atom. The summed E-state index contributed by atoms with van der Waals surface area (Å²) in [4.78, 5) is 4.14. The van der Waals surface area contributed by atoms with E-state index in [-0.39, 0.29) is 17.3 Å². The van der Waals surface area contributed by atoms with Gasteiger partial charge in [-0.15, -0.1) is 12.4 Å². The monoisotopic (exact) mass is 291 g/mol. The van der Waals surface area contributed by atoms with Gasteiger partial charge in [0.2, 0.25) is 10.0 Å². The number of nitrogens with zero attached hydrogens (tertiary/aromatic N) is 2. The molecule has 1 aliphatic rings. The number of hydrogen-bond donors (Lipinski definition) is 1. The molecule has 5 nitrogen and oxygen atoms in total. The van der Waals surface area contributed by atoms with Gasteiger partial charge >= 0.3 is 0 Å². The zero-order chi connectivity index (χ0) is 12.3. The number of hydrogen-bond acceptors (Lipinski definition) is 4. The van der Waals surface area contributed by atoms with E-state index in [4.69, 9.17) is 0 Å². The van der Waals surface area contributed by atoms with Crippen LogP contribution in [0.1, 0.15) is 6.42 Å². The van der Waals surface area contributed by atoms with E-state index in [0.717, 1.165) is 13.0 Å². The molecule has 1 unspecified atom stereocenters. The summed E-state index contributed by atoms with van der Waals surface area (Å²) < 4.78 is 26.0. The van der Waals surface area contributed by atoms with Crippen LogP contribution in [0.2, 0.25) is 0 Å². The minimum absolute atomic E-state index is 0. The minimum Gasteiger partial charge on any atom is -0.319 e. The van der Waals surface area contributed by atoms with Gasteiger partial charge in [-0.3, -0.25) is 4.98 Å². The molecule has 102 valence electrons. The fourth-order valence-corrected chi connectivity index (χ4v) is 3.62. The molecule has 0 aromatic carbocycles. The molecule has 1 saturated heterocycles. The maximum Gasteiger partial charge on any atom is 0.244 e. The summed E-state index contributed by atoms with van der Waals surface area (Å²) in [6.45, 7) is 2.06. The number of nitrogens with one attached hydrogen (secondary N) is 1. The van der Waals surface area contributed by atoms with Crippen LogP contribution in [0.3, 0.4) is 0 Å². The van der Waals surface area contributed by atoms with Crippen LogP contribution < -0.4 is 5.32 Å². The lowest BCUT2D eigenvalue weighted by Gasteiger charge is -2.16. The van der Waals surface area contributed by atoms with E-state index in [0.29, 0.717) is 19.0 Å². The number of halogens is 1. The Labute approximate surface area is 114 Å². The molecule has 2 rings (SSSR count). The van der Waals surface area contributed by atoms with Crippen LogP contribution in [-0.2, 0) is 10.0 Å². The summed E-state index contributed by atoms with van der Waals surface area (Å²) in [5.41, 5.74) is 0. The van der Waals surface area contributed by atoms with Crippen molar-refractivity contribution in [3.63, 3.8) is 0 Å². The topological polar surface area (TPSA) is 62.3 Å². The second-order valence-corrected chi connectivity index (χ2v) is 6.20. The Hall–Kier alpha value is -0.690. The van der Waals surface area contributed by atoms with Gasteiger partial charge < -0.3 is 5.32 Å². The van der Waals surface area contributed by atoms with Crippen LogP contribution in [0.5, 0.6) is 0 Å². The van der Waals surface area contributed by atoms with Gasteiger partial charge in [0.15, 0.2) is 0 Å². The smallest absolute Gasteiger partial charge is 0.244 e. The van der Waals surface area contributed by atoms with Crippen molar-refractivity contribution < 1.29 is 8.42 Å². The zero-order valence-electron chi connectivity index (χ0n) is 10.2. The molecule has 7 heteroatoms. The first-order chi connectivity index (χ1) is 8.14. The maximum atomic E-state index is 12.2. The van der Waals surface area contributed by atoms with Gasteiger partial charge in [0.1, 0.15) is 4.90 Å². The third-order valence-electron chi connectivity index (χ3n) is 3.01. The highest BCUT2D eigenvalue weighted by atomic mass is 35.5. The van der Waals surface area contributed by atoms with Crippen LogP contribution in [0, 0.1) is 5.92 Å². The molecule has 0 aliphatic carbocycles. The van der Waals surface area contributed by atoms with E-state index in [1.165, 1.54) is 6.20 Å². The molecule has 1 atom stereocenters. The number of sulfonamides is 1. The molecule has 1 fully saturated rings. The average molecular weight is 292 g/mol. The van der Waals surface area contributed by atoms with Crippen LogP contribution in [0.25, 0.3) is 0 Å². The third-order valence-corrected chi connectivity index (χ3v) is 4.86. The molecule has 0 bridgehead atoms. The molecule has 18 heavy (non-hydrogen) atoms. The normalized spacial score (nSPS) is 20.6. The Balaban J connectivity index is 0.00000162. The molecular formula is C11H18ClN3O2S. The molecule has 0 amide bonds. The molecule has 0 radical (unpaired) electrons. The Bertz CT molecular complexity index is 466. The lowest BCUT2D eigenvalue weighted by atomic mass is 10.1. The molecule has 1 aromatic heterocycles. The number of aromatic nitrogens is 1. The highest BCUT2D eigenvalue weighted by Crippen LogP contribution is 2.23. The van der Waals surface area contributed by atoms with E-state index in [1.807, 2.05) is 7.05 Å². The zero-order valence-corrected chi connectivity index (χ0v) is 11.9. The summed E-state index contributed by atoms with van der Waals surface area (Å²) in [7, 11) is -1.46. The van der Waals surface area contributed by atoms with Crippen molar-refractivity contribution in [1.29, 1.82) is 0 Å². The molecule has 1 N–H and O–H groups in total. The Morgan fingerprint density at radius 2 is 2.33 bits per heavy atom. The van der Waals surface area contributed by atoms with E-state index >= 15 is 0 Å². The van der Waals surface area contributed by atoms with Gasteiger partial charge in [0.05, 0.1) is 0 Å². The SMILES string of the molecule is CNCC1CCN(S(=O)(=O)c2cccnc2)C1.Cl. The van der Waals surface area contributed by atoms with Gasteiger partial charge in [0.25, 0.3) is 0 Å². The summed E-state index contributed by atoms with van der Waals surface area (Å²) in [6, 6.07) is 3.24. The molecule has 0 saturated carbocycles. The van der Waals surface area contributed by atoms with Crippen LogP contribution in [0.4, 0.5) is 0 Å². The summed E-state index contributed by atoms with van der Waals surface area (Å²) >= 11 is 0. The van der Waals surface area contributed by atoms with Crippen LogP contribution in [0.15, 0.2) is 29.4 Å². The van der Waals surface area contributed by atoms with E-state index in [1.54, 1.807) is 22.6 Å². The molecule has 0 spiro atoms. The van der Waals surface area contributed by atoms with Crippen molar-refractivity contribution in [2.24, 2.45) is 5.92 Å². The maximum absolute atomic E-state index is 12.2. The minimum atomic E-state index is -3.35. The van der Waals surface area contributed by atoms with E-state index in [9.17, 15) is 8.42 Å².